The van der Waals surface area contributed by atoms with Crippen molar-refractivity contribution in [2.24, 2.45) is 11.7 Å². The van der Waals surface area contributed by atoms with E-state index in [9.17, 15) is 0 Å². The molecule has 2 aromatic rings. The second-order valence-electron chi connectivity index (χ2n) is 6.11. The fourth-order valence-corrected chi connectivity index (χ4v) is 3.13. The summed E-state index contributed by atoms with van der Waals surface area (Å²) in [5, 5.41) is 4.66. The molecule has 3 nitrogen and oxygen atoms in total. The number of hydrogen-bond acceptors (Lipinski definition) is 2. The Hall–Kier alpha value is -1.61. The highest BCUT2D eigenvalue weighted by Crippen LogP contribution is 2.34. The van der Waals surface area contributed by atoms with Crippen molar-refractivity contribution in [2.45, 2.75) is 45.2 Å². The third-order valence-corrected chi connectivity index (χ3v) is 4.37. The molecule has 0 amide bonds. The number of aromatic nitrogens is 2. The van der Waals surface area contributed by atoms with Crippen LogP contribution in [0, 0.1) is 5.92 Å². The third-order valence-electron chi connectivity index (χ3n) is 4.37. The molecule has 0 radical (unpaired) electrons. The number of benzene rings is 1. The first kappa shape index (κ1) is 13.4. The summed E-state index contributed by atoms with van der Waals surface area (Å²) in [6.07, 6.45) is 5.35. The molecule has 1 heterocycles. The van der Waals surface area contributed by atoms with Gasteiger partial charge in [-0.3, -0.25) is 4.68 Å². The van der Waals surface area contributed by atoms with Crippen LogP contribution in [0.3, 0.4) is 0 Å². The molecular weight excluding hydrogens is 246 g/mol. The van der Waals surface area contributed by atoms with Crippen LogP contribution >= 0.6 is 0 Å². The zero-order chi connectivity index (χ0) is 14.1. The Kier molecular flexibility index (Phi) is 3.62. The zero-order valence-electron chi connectivity index (χ0n) is 12.3. The van der Waals surface area contributed by atoms with Crippen molar-refractivity contribution in [1.29, 1.82) is 0 Å². The second kappa shape index (κ2) is 5.41. The van der Waals surface area contributed by atoms with Gasteiger partial charge < -0.3 is 5.73 Å². The van der Waals surface area contributed by atoms with E-state index in [1.165, 1.54) is 16.8 Å². The molecule has 0 aliphatic heterocycles. The van der Waals surface area contributed by atoms with Crippen LogP contribution in [-0.4, -0.2) is 9.78 Å². The first-order valence-corrected chi connectivity index (χ1v) is 7.52. The summed E-state index contributed by atoms with van der Waals surface area (Å²) < 4.78 is 2.03. The molecule has 2 unspecified atom stereocenters. The van der Waals surface area contributed by atoms with Gasteiger partial charge in [0.15, 0.2) is 0 Å². The van der Waals surface area contributed by atoms with Crippen molar-refractivity contribution in [3.8, 4) is 0 Å². The molecule has 1 aliphatic carbocycles. The predicted octanol–water partition coefficient (Wildman–Crippen LogP) is 3.27. The third kappa shape index (κ3) is 2.50. The lowest BCUT2D eigenvalue weighted by atomic mass is 9.78. The van der Waals surface area contributed by atoms with Crippen molar-refractivity contribution in [1.82, 2.24) is 9.78 Å². The average molecular weight is 269 g/mol. The minimum absolute atomic E-state index is 0.143. The van der Waals surface area contributed by atoms with E-state index in [0.717, 1.165) is 19.3 Å². The predicted molar refractivity (Wildman–Crippen MR) is 81.5 cm³/mol. The summed E-state index contributed by atoms with van der Waals surface area (Å²) in [6.45, 7) is 4.30. The Bertz CT molecular complexity index is 585. The number of fused-ring (bicyclic) bond motifs is 1. The van der Waals surface area contributed by atoms with E-state index in [0.29, 0.717) is 12.0 Å². The summed E-state index contributed by atoms with van der Waals surface area (Å²) in [6, 6.07) is 11.3. The Morgan fingerprint density at radius 2 is 2.10 bits per heavy atom. The molecule has 20 heavy (non-hydrogen) atoms. The highest BCUT2D eigenvalue weighted by atomic mass is 15.3. The fraction of sp³-hybridized carbons (Fsp3) is 0.471. The van der Waals surface area contributed by atoms with E-state index in [-0.39, 0.29) is 6.04 Å². The highest BCUT2D eigenvalue weighted by molar-refractivity contribution is 5.33. The number of hydrogen-bond donors (Lipinski definition) is 1. The maximum Gasteiger partial charge on any atom is 0.0628 e. The smallest absolute Gasteiger partial charge is 0.0628 e. The number of nitrogens with zero attached hydrogens (tertiary/aromatic N) is 2. The topological polar surface area (TPSA) is 43.8 Å². The van der Waals surface area contributed by atoms with Gasteiger partial charge >= 0.3 is 0 Å². The lowest BCUT2D eigenvalue weighted by Crippen LogP contribution is -2.28. The van der Waals surface area contributed by atoms with Gasteiger partial charge in [-0.25, -0.2) is 0 Å². The van der Waals surface area contributed by atoms with Crippen LogP contribution < -0.4 is 5.73 Å². The van der Waals surface area contributed by atoms with E-state index in [1.807, 2.05) is 4.68 Å². The summed E-state index contributed by atoms with van der Waals surface area (Å²) in [7, 11) is 0. The minimum atomic E-state index is 0.143. The molecule has 2 N–H and O–H groups in total. The van der Waals surface area contributed by atoms with Crippen LogP contribution in [0.25, 0.3) is 0 Å². The molecule has 0 saturated heterocycles. The van der Waals surface area contributed by atoms with Gasteiger partial charge in [0, 0.05) is 18.3 Å². The fourth-order valence-electron chi connectivity index (χ4n) is 3.13. The van der Waals surface area contributed by atoms with Gasteiger partial charge in [-0.15, -0.1) is 0 Å². The molecule has 1 aromatic carbocycles. The maximum absolute atomic E-state index is 6.47. The summed E-state index contributed by atoms with van der Waals surface area (Å²) in [5.41, 5.74) is 10.4. The molecule has 0 bridgehead atoms. The van der Waals surface area contributed by atoms with Gasteiger partial charge in [0.1, 0.15) is 0 Å². The van der Waals surface area contributed by atoms with Gasteiger partial charge in [0.2, 0.25) is 0 Å². The monoisotopic (exact) mass is 269 g/mol. The lowest BCUT2D eigenvalue weighted by Gasteiger charge is -2.30. The van der Waals surface area contributed by atoms with Gasteiger partial charge in [0.25, 0.3) is 0 Å². The number of aryl methyl sites for hydroxylation is 1. The second-order valence-corrected chi connectivity index (χ2v) is 6.11. The Morgan fingerprint density at radius 3 is 2.85 bits per heavy atom. The van der Waals surface area contributed by atoms with Crippen LogP contribution in [0.5, 0.6) is 0 Å². The molecule has 0 spiro atoms. The minimum Gasteiger partial charge on any atom is -0.324 e. The van der Waals surface area contributed by atoms with Crippen LogP contribution in [-0.2, 0) is 12.8 Å². The number of rotatable bonds is 3. The van der Waals surface area contributed by atoms with Gasteiger partial charge in [-0.2, -0.15) is 5.10 Å². The molecule has 3 heteroatoms. The first-order valence-electron chi connectivity index (χ1n) is 7.52. The van der Waals surface area contributed by atoms with E-state index < -0.39 is 0 Å². The summed E-state index contributed by atoms with van der Waals surface area (Å²) in [4.78, 5) is 0. The van der Waals surface area contributed by atoms with E-state index in [1.54, 1.807) is 0 Å². The van der Waals surface area contributed by atoms with Crippen molar-refractivity contribution < 1.29 is 0 Å². The lowest BCUT2D eigenvalue weighted by molar-refractivity contribution is 0.371. The standard InChI is InChI=1S/C17H23N3/c1-12(2)20-10-9-15(19-20)11-14-8-7-13-5-3-4-6-16(13)17(14)18/h3-6,9-10,12,14,17H,7-8,11,18H2,1-2H3. The maximum atomic E-state index is 6.47. The van der Waals surface area contributed by atoms with E-state index >= 15 is 0 Å². The molecule has 0 fully saturated rings. The van der Waals surface area contributed by atoms with Crippen molar-refractivity contribution in [2.75, 3.05) is 0 Å². The molecule has 1 aromatic heterocycles. The first-order chi connectivity index (χ1) is 9.65. The average Bonchev–Trinajstić information content (AvgIpc) is 2.91. The Morgan fingerprint density at radius 1 is 1.30 bits per heavy atom. The Labute approximate surface area is 120 Å². The summed E-state index contributed by atoms with van der Waals surface area (Å²) >= 11 is 0. The molecule has 106 valence electrons. The van der Waals surface area contributed by atoms with Crippen LogP contribution in [0.1, 0.15) is 49.2 Å². The van der Waals surface area contributed by atoms with Crippen LogP contribution in [0.2, 0.25) is 0 Å². The molecule has 1 aliphatic rings. The van der Waals surface area contributed by atoms with Crippen molar-refractivity contribution >= 4 is 0 Å². The van der Waals surface area contributed by atoms with E-state index in [4.69, 9.17) is 5.73 Å². The normalized spacial score (nSPS) is 22.0. The molecular formula is C17H23N3. The van der Waals surface area contributed by atoms with Gasteiger partial charge in [-0.1, -0.05) is 24.3 Å². The zero-order valence-corrected chi connectivity index (χ0v) is 12.3. The van der Waals surface area contributed by atoms with Gasteiger partial charge in [-0.05, 0) is 56.2 Å². The molecule has 0 saturated carbocycles. The van der Waals surface area contributed by atoms with E-state index in [2.05, 4.69) is 55.5 Å². The van der Waals surface area contributed by atoms with Crippen molar-refractivity contribution in [3.63, 3.8) is 0 Å². The molecule has 2 atom stereocenters. The van der Waals surface area contributed by atoms with Crippen molar-refractivity contribution in [3.05, 3.63) is 53.3 Å². The number of nitrogens with two attached hydrogens (primary N) is 1. The van der Waals surface area contributed by atoms with Gasteiger partial charge in [0.05, 0.1) is 5.69 Å². The van der Waals surface area contributed by atoms with Crippen LogP contribution in [0.4, 0.5) is 0 Å². The molecule has 3 rings (SSSR count). The summed E-state index contributed by atoms with van der Waals surface area (Å²) in [5.74, 6) is 0.500. The van der Waals surface area contributed by atoms with Crippen LogP contribution in [0.15, 0.2) is 36.5 Å². The Balaban J connectivity index is 1.75. The largest absolute Gasteiger partial charge is 0.324 e. The quantitative estimate of drug-likeness (QED) is 0.929. The highest BCUT2D eigenvalue weighted by Gasteiger charge is 2.27. The SMILES string of the molecule is CC(C)n1ccc(CC2CCc3ccccc3C2N)n1.